The Morgan fingerprint density at radius 2 is 2.07 bits per heavy atom. The third-order valence-corrected chi connectivity index (χ3v) is 3.01. The van der Waals surface area contributed by atoms with Gasteiger partial charge in [0.1, 0.15) is 0 Å². The summed E-state index contributed by atoms with van der Waals surface area (Å²) >= 11 is 0. The largest absolute Gasteiger partial charge is 0.354 e. The van der Waals surface area contributed by atoms with Crippen LogP contribution in [0.3, 0.4) is 0 Å². The van der Waals surface area contributed by atoms with E-state index in [2.05, 4.69) is 29.4 Å². The maximum absolute atomic E-state index is 11.8. The smallest absolute Gasteiger partial charge is 0.237 e. The minimum Gasteiger partial charge on any atom is -0.354 e. The third kappa shape index (κ3) is 3.47. The standard InChI is InChI=1S/C11H23N3O/c1-8(2)5-13-11(15)9(3)14(4)10-6-12-7-10/h8-10,12H,5-7H2,1-4H3,(H,13,15). The fourth-order valence-electron chi connectivity index (χ4n) is 1.52. The van der Waals surface area contributed by atoms with E-state index < -0.39 is 0 Å². The molecule has 0 aliphatic carbocycles. The molecule has 0 aromatic rings. The zero-order chi connectivity index (χ0) is 11.4. The normalized spacial score (nSPS) is 19.1. The topological polar surface area (TPSA) is 44.4 Å². The Kier molecular flexibility index (Phi) is 4.54. The Bertz CT molecular complexity index is 214. The summed E-state index contributed by atoms with van der Waals surface area (Å²) < 4.78 is 0. The Morgan fingerprint density at radius 1 is 1.47 bits per heavy atom. The van der Waals surface area contributed by atoms with Gasteiger partial charge in [-0.05, 0) is 19.9 Å². The summed E-state index contributed by atoms with van der Waals surface area (Å²) in [5.74, 6) is 0.648. The number of nitrogens with one attached hydrogen (secondary N) is 2. The molecule has 1 unspecified atom stereocenters. The summed E-state index contributed by atoms with van der Waals surface area (Å²) in [6.45, 7) is 8.93. The minimum absolute atomic E-state index is 0.0316. The van der Waals surface area contributed by atoms with Gasteiger partial charge in [0.05, 0.1) is 6.04 Å². The molecule has 0 aromatic carbocycles. The Balaban J connectivity index is 2.30. The van der Waals surface area contributed by atoms with Crippen molar-refractivity contribution in [2.75, 3.05) is 26.7 Å². The lowest BCUT2D eigenvalue weighted by Gasteiger charge is -2.38. The molecule has 2 N–H and O–H groups in total. The van der Waals surface area contributed by atoms with Crippen molar-refractivity contribution in [3.8, 4) is 0 Å². The quantitative estimate of drug-likeness (QED) is 0.678. The van der Waals surface area contributed by atoms with Gasteiger partial charge in [-0.25, -0.2) is 0 Å². The van der Waals surface area contributed by atoms with Crippen molar-refractivity contribution in [2.24, 2.45) is 5.92 Å². The summed E-state index contributed by atoms with van der Waals surface area (Å²) in [5, 5.41) is 6.18. The Labute approximate surface area is 92.4 Å². The van der Waals surface area contributed by atoms with Crippen LogP contribution >= 0.6 is 0 Å². The minimum atomic E-state index is -0.0316. The van der Waals surface area contributed by atoms with Gasteiger partial charge in [-0.1, -0.05) is 13.8 Å². The van der Waals surface area contributed by atoms with Gasteiger partial charge in [-0.15, -0.1) is 0 Å². The number of hydrogen-bond acceptors (Lipinski definition) is 3. The molecule has 0 saturated carbocycles. The van der Waals surface area contributed by atoms with Gasteiger partial charge in [0.15, 0.2) is 0 Å². The van der Waals surface area contributed by atoms with Crippen LogP contribution in [0.25, 0.3) is 0 Å². The zero-order valence-corrected chi connectivity index (χ0v) is 10.2. The van der Waals surface area contributed by atoms with Crippen LogP contribution in [0, 0.1) is 5.92 Å². The second-order valence-electron chi connectivity index (χ2n) is 4.79. The van der Waals surface area contributed by atoms with Crippen molar-refractivity contribution in [1.82, 2.24) is 15.5 Å². The van der Waals surface area contributed by atoms with E-state index in [1.807, 2.05) is 14.0 Å². The lowest BCUT2D eigenvalue weighted by atomic mass is 10.1. The summed E-state index contributed by atoms with van der Waals surface area (Å²) in [5.41, 5.74) is 0. The lowest BCUT2D eigenvalue weighted by Crippen LogP contribution is -2.60. The highest BCUT2D eigenvalue weighted by molar-refractivity contribution is 5.81. The van der Waals surface area contributed by atoms with Crippen molar-refractivity contribution in [2.45, 2.75) is 32.9 Å². The Hall–Kier alpha value is -0.610. The first-order chi connectivity index (χ1) is 7.02. The molecule has 1 atom stereocenters. The Morgan fingerprint density at radius 3 is 2.47 bits per heavy atom. The van der Waals surface area contributed by atoms with Crippen molar-refractivity contribution in [3.05, 3.63) is 0 Å². The molecule has 1 amide bonds. The van der Waals surface area contributed by atoms with E-state index in [-0.39, 0.29) is 11.9 Å². The van der Waals surface area contributed by atoms with Gasteiger partial charge in [0.2, 0.25) is 5.91 Å². The van der Waals surface area contributed by atoms with Gasteiger partial charge >= 0.3 is 0 Å². The molecule has 0 spiro atoms. The molecule has 0 bridgehead atoms. The number of carbonyl (C=O) groups is 1. The monoisotopic (exact) mass is 213 g/mol. The number of carbonyl (C=O) groups excluding carboxylic acids is 1. The molecule has 88 valence electrons. The van der Waals surface area contributed by atoms with Crippen molar-refractivity contribution in [1.29, 1.82) is 0 Å². The number of rotatable bonds is 5. The molecule has 1 fully saturated rings. The summed E-state index contributed by atoms with van der Waals surface area (Å²) in [7, 11) is 2.02. The zero-order valence-electron chi connectivity index (χ0n) is 10.2. The average Bonchev–Trinajstić information content (AvgIpc) is 2.09. The maximum Gasteiger partial charge on any atom is 0.237 e. The molecule has 1 heterocycles. The van der Waals surface area contributed by atoms with Gasteiger partial charge < -0.3 is 10.6 Å². The predicted octanol–water partition coefficient (Wildman–Crippen LogP) is 0.0507. The van der Waals surface area contributed by atoms with Crippen LogP contribution in [0.15, 0.2) is 0 Å². The van der Waals surface area contributed by atoms with Crippen molar-refractivity contribution in [3.63, 3.8) is 0 Å². The van der Waals surface area contributed by atoms with E-state index in [1.54, 1.807) is 0 Å². The number of amides is 1. The highest BCUT2D eigenvalue weighted by atomic mass is 16.2. The van der Waals surface area contributed by atoms with E-state index in [9.17, 15) is 4.79 Å². The first-order valence-corrected chi connectivity index (χ1v) is 5.72. The van der Waals surface area contributed by atoms with Crippen LogP contribution < -0.4 is 10.6 Å². The third-order valence-electron chi connectivity index (χ3n) is 3.01. The van der Waals surface area contributed by atoms with E-state index >= 15 is 0 Å². The van der Waals surface area contributed by atoms with E-state index in [0.717, 1.165) is 19.6 Å². The van der Waals surface area contributed by atoms with Crippen LogP contribution in [-0.4, -0.2) is 49.6 Å². The van der Waals surface area contributed by atoms with Gasteiger partial charge in [0.25, 0.3) is 0 Å². The van der Waals surface area contributed by atoms with Crippen LogP contribution in [-0.2, 0) is 4.79 Å². The molecule has 1 aliphatic heterocycles. The average molecular weight is 213 g/mol. The first kappa shape index (κ1) is 12.5. The number of hydrogen-bond donors (Lipinski definition) is 2. The van der Waals surface area contributed by atoms with Crippen LogP contribution in [0.4, 0.5) is 0 Å². The fraction of sp³-hybridized carbons (Fsp3) is 0.909. The first-order valence-electron chi connectivity index (χ1n) is 5.72. The van der Waals surface area contributed by atoms with E-state index in [0.29, 0.717) is 12.0 Å². The van der Waals surface area contributed by atoms with Crippen molar-refractivity contribution >= 4 is 5.91 Å². The second kappa shape index (κ2) is 5.47. The molecule has 1 saturated heterocycles. The van der Waals surface area contributed by atoms with E-state index in [4.69, 9.17) is 0 Å². The predicted molar refractivity (Wildman–Crippen MR) is 61.7 cm³/mol. The molecule has 0 radical (unpaired) electrons. The maximum atomic E-state index is 11.8. The highest BCUT2D eigenvalue weighted by Crippen LogP contribution is 2.07. The summed E-state index contributed by atoms with van der Waals surface area (Å²) in [6, 6.07) is 0.487. The fourth-order valence-corrected chi connectivity index (χ4v) is 1.52. The van der Waals surface area contributed by atoms with Crippen molar-refractivity contribution < 1.29 is 4.79 Å². The molecule has 4 nitrogen and oxygen atoms in total. The second-order valence-corrected chi connectivity index (χ2v) is 4.79. The number of nitrogens with zero attached hydrogens (tertiary/aromatic N) is 1. The molecule has 1 aliphatic rings. The van der Waals surface area contributed by atoms with Gasteiger partial charge in [-0.2, -0.15) is 0 Å². The van der Waals surface area contributed by atoms with Crippen LogP contribution in [0.5, 0.6) is 0 Å². The van der Waals surface area contributed by atoms with Crippen LogP contribution in [0.2, 0.25) is 0 Å². The molecule has 15 heavy (non-hydrogen) atoms. The van der Waals surface area contributed by atoms with Gasteiger partial charge in [0, 0.05) is 25.7 Å². The molecular weight excluding hydrogens is 190 g/mol. The lowest BCUT2D eigenvalue weighted by molar-refractivity contribution is -0.126. The molecular formula is C11H23N3O. The van der Waals surface area contributed by atoms with E-state index in [1.165, 1.54) is 0 Å². The molecule has 4 heteroatoms. The highest BCUT2D eigenvalue weighted by Gasteiger charge is 2.28. The number of likely N-dealkylation sites (N-methyl/N-ethyl adjacent to an activating group) is 1. The van der Waals surface area contributed by atoms with Crippen LogP contribution in [0.1, 0.15) is 20.8 Å². The SMILES string of the molecule is CC(C)CNC(=O)C(C)N(C)C1CNC1. The molecule has 0 aromatic heterocycles. The summed E-state index contributed by atoms with van der Waals surface area (Å²) in [6.07, 6.45) is 0. The summed E-state index contributed by atoms with van der Waals surface area (Å²) in [4.78, 5) is 13.9. The van der Waals surface area contributed by atoms with Gasteiger partial charge in [-0.3, -0.25) is 9.69 Å². The molecule has 1 rings (SSSR count).